The van der Waals surface area contributed by atoms with Crippen molar-refractivity contribution in [2.45, 2.75) is 38.3 Å². The van der Waals surface area contributed by atoms with Crippen LogP contribution in [0.25, 0.3) is 0 Å². The molecule has 0 saturated carbocycles. The maximum absolute atomic E-state index is 6.47. The highest BCUT2D eigenvalue weighted by molar-refractivity contribution is 5.31. The van der Waals surface area contributed by atoms with E-state index in [1.807, 2.05) is 13.0 Å². The summed E-state index contributed by atoms with van der Waals surface area (Å²) in [6.07, 6.45) is 3.48. The summed E-state index contributed by atoms with van der Waals surface area (Å²) >= 11 is 0. The van der Waals surface area contributed by atoms with Crippen LogP contribution in [-0.4, -0.2) is 44.4 Å². The van der Waals surface area contributed by atoms with E-state index in [-0.39, 0.29) is 12.1 Å². The van der Waals surface area contributed by atoms with E-state index in [1.165, 1.54) is 18.4 Å². The minimum Gasteiger partial charge on any atom is -0.494 e. The van der Waals surface area contributed by atoms with Crippen LogP contribution in [0.2, 0.25) is 0 Å². The zero-order valence-electron chi connectivity index (χ0n) is 13.3. The topological polar surface area (TPSA) is 47.7 Å². The fourth-order valence-corrected chi connectivity index (χ4v) is 3.14. The van der Waals surface area contributed by atoms with E-state index >= 15 is 0 Å². The second-order valence-electron chi connectivity index (χ2n) is 5.64. The van der Waals surface area contributed by atoms with Gasteiger partial charge >= 0.3 is 0 Å². The Bertz CT molecular complexity index is 425. The molecule has 0 spiro atoms. The Kier molecular flexibility index (Phi) is 6.49. The Morgan fingerprint density at radius 1 is 1.33 bits per heavy atom. The lowest BCUT2D eigenvalue weighted by atomic mass is 9.96. The number of likely N-dealkylation sites (tertiary alicyclic amines) is 1. The standard InChI is InChI=1S/C17H28N2O2/c1-3-21-15-8-6-7-14(13-15)17-16(18)9-4-5-10-19(17)11-12-20-2/h6-8,13,16-17H,3-5,9-12,18H2,1-2H3. The molecule has 2 unspecified atom stereocenters. The maximum Gasteiger partial charge on any atom is 0.119 e. The van der Waals surface area contributed by atoms with Crippen molar-refractivity contribution in [1.29, 1.82) is 0 Å². The number of ether oxygens (including phenoxy) is 2. The van der Waals surface area contributed by atoms with Crippen LogP contribution in [0, 0.1) is 0 Å². The summed E-state index contributed by atoms with van der Waals surface area (Å²) in [4.78, 5) is 2.46. The van der Waals surface area contributed by atoms with E-state index in [9.17, 15) is 0 Å². The summed E-state index contributed by atoms with van der Waals surface area (Å²) in [7, 11) is 1.75. The molecule has 2 rings (SSSR count). The monoisotopic (exact) mass is 292 g/mol. The van der Waals surface area contributed by atoms with Gasteiger partial charge in [0.15, 0.2) is 0 Å². The molecule has 0 aromatic heterocycles. The van der Waals surface area contributed by atoms with Gasteiger partial charge in [0.2, 0.25) is 0 Å². The number of benzene rings is 1. The molecule has 1 fully saturated rings. The van der Waals surface area contributed by atoms with Crippen molar-refractivity contribution in [3.05, 3.63) is 29.8 Å². The Labute approximate surface area is 128 Å². The van der Waals surface area contributed by atoms with Crippen LogP contribution < -0.4 is 10.5 Å². The molecule has 0 aliphatic carbocycles. The maximum atomic E-state index is 6.47. The van der Waals surface area contributed by atoms with Gasteiger partial charge < -0.3 is 15.2 Å². The lowest BCUT2D eigenvalue weighted by Gasteiger charge is -2.33. The molecule has 4 heteroatoms. The van der Waals surface area contributed by atoms with Crippen molar-refractivity contribution in [3.8, 4) is 5.75 Å². The SMILES string of the molecule is CCOc1cccc(C2C(N)CCCCN2CCOC)c1. The summed E-state index contributed by atoms with van der Waals surface area (Å²) in [6.45, 7) is 5.45. The van der Waals surface area contributed by atoms with Crippen LogP contribution in [0.15, 0.2) is 24.3 Å². The molecule has 1 heterocycles. The minimum atomic E-state index is 0.168. The third kappa shape index (κ3) is 4.43. The van der Waals surface area contributed by atoms with E-state index in [0.29, 0.717) is 6.61 Å². The number of nitrogens with zero attached hydrogens (tertiary/aromatic N) is 1. The lowest BCUT2D eigenvalue weighted by Crippen LogP contribution is -2.41. The first-order chi connectivity index (χ1) is 10.3. The predicted octanol–water partition coefficient (Wildman–Crippen LogP) is 2.59. The number of rotatable bonds is 6. The predicted molar refractivity (Wildman–Crippen MR) is 85.6 cm³/mol. The van der Waals surface area contributed by atoms with Gasteiger partial charge in [-0.25, -0.2) is 0 Å². The van der Waals surface area contributed by atoms with E-state index in [2.05, 4.69) is 23.1 Å². The molecule has 1 aliphatic heterocycles. The van der Waals surface area contributed by atoms with Gasteiger partial charge in [-0.3, -0.25) is 4.90 Å². The average molecular weight is 292 g/mol. The van der Waals surface area contributed by atoms with Crippen LogP contribution >= 0.6 is 0 Å². The Hall–Kier alpha value is -1.10. The minimum absolute atomic E-state index is 0.168. The first-order valence-corrected chi connectivity index (χ1v) is 7.97. The largest absolute Gasteiger partial charge is 0.494 e. The van der Waals surface area contributed by atoms with Crippen molar-refractivity contribution in [3.63, 3.8) is 0 Å². The first-order valence-electron chi connectivity index (χ1n) is 7.97. The molecule has 21 heavy (non-hydrogen) atoms. The zero-order valence-corrected chi connectivity index (χ0v) is 13.3. The van der Waals surface area contributed by atoms with Crippen molar-refractivity contribution < 1.29 is 9.47 Å². The highest BCUT2D eigenvalue weighted by Gasteiger charge is 2.28. The van der Waals surface area contributed by atoms with Gasteiger partial charge in [-0.15, -0.1) is 0 Å². The quantitative estimate of drug-likeness (QED) is 0.875. The van der Waals surface area contributed by atoms with Gasteiger partial charge in [0.1, 0.15) is 5.75 Å². The third-order valence-corrected chi connectivity index (χ3v) is 4.12. The normalized spacial score (nSPS) is 23.8. The van der Waals surface area contributed by atoms with Gasteiger partial charge in [0.25, 0.3) is 0 Å². The average Bonchev–Trinajstić information content (AvgIpc) is 2.67. The Balaban J connectivity index is 2.22. The number of methoxy groups -OCH3 is 1. The van der Waals surface area contributed by atoms with E-state index in [4.69, 9.17) is 15.2 Å². The highest BCUT2D eigenvalue weighted by Crippen LogP contribution is 2.31. The highest BCUT2D eigenvalue weighted by atomic mass is 16.5. The molecule has 1 aromatic carbocycles. The van der Waals surface area contributed by atoms with Crippen molar-refractivity contribution in [2.75, 3.05) is 33.4 Å². The fourth-order valence-electron chi connectivity index (χ4n) is 3.14. The van der Waals surface area contributed by atoms with E-state index < -0.39 is 0 Å². The zero-order chi connectivity index (χ0) is 15.1. The Morgan fingerprint density at radius 3 is 2.95 bits per heavy atom. The van der Waals surface area contributed by atoms with Crippen molar-refractivity contribution in [2.24, 2.45) is 5.73 Å². The molecule has 2 N–H and O–H groups in total. The summed E-state index contributed by atoms with van der Waals surface area (Å²) in [5.74, 6) is 0.929. The molecule has 118 valence electrons. The van der Waals surface area contributed by atoms with Gasteiger partial charge in [-0.2, -0.15) is 0 Å². The summed E-state index contributed by atoms with van der Waals surface area (Å²) < 4.78 is 10.9. The number of hydrogen-bond acceptors (Lipinski definition) is 4. The van der Waals surface area contributed by atoms with Crippen LogP contribution in [0.4, 0.5) is 0 Å². The van der Waals surface area contributed by atoms with Crippen molar-refractivity contribution >= 4 is 0 Å². The molecule has 2 atom stereocenters. The van der Waals surface area contributed by atoms with Gasteiger partial charge in [0, 0.05) is 19.7 Å². The molecular weight excluding hydrogens is 264 g/mol. The second kappa shape index (κ2) is 8.37. The number of nitrogens with two attached hydrogens (primary N) is 1. The summed E-state index contributed by atoms with van der Waals surface area (Å²) in [5.41, 5.74) is 7.73. The van der Waals surface area contributed by atoms with Gasteiger partial charge in [-0.1, -0.05) is 18.6 Å². The first kappa shape index (κ1) is 16.3. The van der Waals surface area contributed by atoms with Gasteiger partial charge in [-0.05, 0) is 44.0 Å². The van der Waals surface area contributed by atoms with E-state index in [0.717, 1.165) is 31.9 Å². The molecule has 0 bridgehead atoms. The van der Waals surface area contributed by atoms with Crippen LogP contribution in [-0.2, 0) is 4.74 Å². The molecule has 1 aliphatic rings. The van der Waals surface area contributed by atoms with Crippen LogP contribution in [0.5, 0.6) is 5.75 Å². The third-order valence-electron chi connectivity index (χ3n) is 4.12. The smallest absolute Gasteiger partial charge is 0.119 e. The van der Waals surface area contributed by atoms with Crippen LogP contribution in [0.1, 0.15) is 37.8 Å². The van der Waals surface area contributed by atoms with E-state index in [1.54, 1.807) is 7.11 Å². The molecule has 1 aromatic rings. The lowest BCUT2D eigenvalue weighted by molar-refractivity contribution is 0.115. The summed E-state index contributed by atoms with van der Waals surface area (Å²) in [5, 5.41) is 0. The Morgan fingerprint density at radius 2 is 2.19 bits per heavy atom. The molecule has 4 nitrogen and oxygen atoms in total. The summed E-state index contributed by atoms with van der Waals surface area (Å²) in [6, 6.07) is 8.79. The molecular formula is C17H28N2O2. The van der Waals surface area contributed by atoms with Crippen LogP contribution in [0.3, 0.4) is 0 Å². The molecule has 0 amide bonds. The van der Waals surface area contributed by atoms with Crippen molar-refractivity contribution in [1.82, 2.24) is 4.90 Å². The van der Waals surface area contributed by atoms with Gasteiger partial charge in [0.05, 0.1) is 19.3 Å². The second-order valence-corrected chi connectivity index (χ2v) is 5.64. The molecule has 1 saturated heterocycles. The fraction of sp³-hybridized carbons (Fsp3) is 0.647. The number of hydrogen-bond donors (Lipinski definition) is 1. The molecule has 0 radical (unpaired) electrons.